The molecule has 0 N–H and O–H groups in total. The molecule has 158 valence electrons. The van der Waals surface area contributed by atoms with Gasteiger partial charge in [0.1, 0.15) is 5.58 Å². The fourth-order valence-electron chi connectivity index (χ4n) is 4.06. The Morgan fingerprint density at radius 2 is 1.79 bits per heavy atom. The van der Waals surface area contributed by atoms with E-state index in [-0.39, 0.29) is 11.5 Å². The Labute approximate surface area is 173 Å². The molecular weight excluding hydrogens is 366 g/mol. The average molecular weight is 400 g/mol. The van der Waals surface area contributed by atoms with Crippen LogP contribution in [-0.2, 0) is 11.3 Å². The van der Waals surface area contributed by atoms with Crippen molar-refractivity contribution in [2.45, 2.75) is 39.7 Å². The Bertz CT molecular complexity index is 933. The first-order valence-electron chi connectivity index (χ1n) is 10.5. The molecule has 2 aromatic rings. The van der Waals surface area contributed by atoms with Crippen LogP contribution in [0.1, 0.15) is 42.9 Å². The zero-order valence-corrected chi connectivity index (χ0v) is 18.3. The van der Waals surface area contributed by atoms with E-state index in [4.69, 9.17) is 4.42 Å². The summed E-state index contributed by atoms with van der Waals surface area (Å²) >= 11 is 0. The van der Waals surface area contributed by atoms with Crippen molar-refractivity contribution in [1.29, 1.82) is 0 Å². The summed E-state index contributed by atoms with van der Waals surface area (Å²) in [7, 11) is 3.59. The summed E-state index contributed by atoms with van der Waals surface area (Å²) in [5.74, 6) is 0.557. The molecular formula is C23H33N3O3. The second-order valence-corrected chi connectivity index (χ2v) is 8.64. The van der Waals surface area contributed by atoms with Crippen molar-refractivity contribution in [2.24, 2.45) is 0 Å². The minimum Gasteiger partial charge on any atom is -0.423 e. The number of nitrogens with zero attached hydrogens (tertiary/aromatic N) is 3. The van der Waals surface area contributed by atoms with Gasteiger partial charge < -0.3 is 9.32 Å². The number of hydrogen-bond donors (Lipinski definition) is 0. The van der Waals surface area contributed by atoms with Crippen molar-refractivity contribution in [2.75, 3.05) is 46.8 Å². The quantitative estimate of drug-likeness (QED) is 0.724. The van der Waals surface area contributed by atoms with Crippen LogP contribution >= 0.6 is 0 Å². The van der Waals surface area contributed by atoms with E-state index < -0.39 is 0 Å². The van der Waals surface area contributed by atoms with Crippen LogP contribution < -0.4 is 5.63 Å². The lowest BCUT2D eigenvalue weighted by Gasteiger charge is -2.23. The molecule has 29 heavy (non-hydrogen) atoms. The van der Waals surface area contributed by atoms with Gasteiger partial charge in [0.15, 0.2) is 0 Å². The lowest BCUT2D eigenvalue weighted by molar-refractivity contribution is -0.129. The third-order valence-corrected chi connectivity index (χ3v) is 5.77. The van der Waals surface area contributed by atoms with E-state index in [0.29, 0.717) is 18.0 Å². The summed E-state index contributed by atoms with van der Waals surface area (Å²) in [6, 6.07) is 5.82. The highest BCUT2D eigenvalue weighted by molar-refractivity contribution is 5.82. The van der Waals surface area contributed by atoms with Gasteiger partial charge in [-0.15, -0.1) is 0 Å². The predicted octanol–water partition coefficient (Wildman–Crippen LogP) is 2.82. The summed E-state index contributed by atoms with van der Waals surface area (Å²) in [5, 5.41) is 1.03. The Morgan fingerprint density at radius 1 is 1.10 bits per heavy atom. The van der Waals surface area contributed by atoms with E-state index in [9.17, 15) is 9.59 Å². The maximum absolute atomic E-state index is 12.1. The molecule has 1 aromatic heterocycles. The van der Waals surface area contributed by atoms with Crippen molar-refractivity contribution in [3.05, 3.63) is 45.3 Å². The van der Waals surface area contributed by atoms with Gasteiger partial charge in [-0.05, 0) is 61.2 Å². The van der Waals surface area contributed by atoms with Crippen LogP contribution in [0.25, 0.3) is 11.0 Å². The molecule has 3 rings (SSSR count). The van der Waals surface area contributed by atoms with Gasteiger partial charge in [-0.3, -0.25) is 14.6 Å². The Hall–Kier alpha value is -2.18. The maximum atomic E-state index is 12.1. The topological polar surface area (TPSA) is 57.0 Å². The third-order valence-electron chi connectivity index (χ3n) is 5.77. The van der Waals surface area contributed by atoms with Gasteiger partial charge in [0.05, 0.1) is 6.54 Å². The zero-order valence-electron chi connectivity index (χ0n) is 18.3. The molecule has 1 aromatic carbocycles. The van der Waals surface area contributed by atoms with Crippen molar-refractivity contribution in [3.8, 4) is 0 Å². The molecule has 0 aliphatic carbocycles. The molecule has 0 bridgehead atoms. The molecule has 0 radical (unpaired) electrons. The van der Waals surface area contributed by atoms with Gasteiger partial charge in [0, 0.05) is 45.2 Å². The average Bonchev–Trinajstić information content (AvgIpc) is 2.85. The predicted molar refractivity (Wildman–Crippen MR) is 116 cm³/mol. The largest absolute Gasteiger partial charge is 0.423 e. The number of fused-ring (bicyclic) bond motifs is 1. The van der Waals surface area contributed by atoms with Gasteiger partial charge in [0.25, 0.3) is 0 Å². The zero-order chi connectivity index (χ0) is 21.1. The van der Waals surface area contributed by atoms with Crippen molar-refractivity contribution in [1.82, 2.24) is 14.7 Å². The molecule has 0 saturated carbocycles. The number of aryl methyl sites for hydroxylation is 1. The minimum absolute atomic E-state index is 0.140. The van der Waals surface area contributed by atoms with Crippen LogP contribution in [0.3, 0.4) is 0 Å². The number of carbonyl (C=O) groups excluding carboxylic acids is 1. The van der Waals surface area contributed by atoms with Crippen molar-refractivity contribution >= 4 is 16.9 Å². The van der Waals surface area contributed by atoms with Gasteiger partial charge in [0.2, 0.25) is 5.91 Å². The second kappa shape index (κ2) is 9.09. The molecule has 6 heteroatoms. The van der Waals surface area contributed by atoms with Crippen LogP contribution in [0.4, 0.5) is 0 Å². The second-order valence-electron chi connectivity index (χ2n) is 8.64. The smallest absolute Gasteiger partial charge is 0.336 e. The lowest BCUT2D eigenvalue weighted by atomic mass is 9.95. The number of carbonyl (C=O) groups is 1. The highest BCUT2D eigenvalue weighted by Gasteiger charge is 2.19. The molecule has 1 aliphatic heterocycles. The molecule has 1 aliphatic rings. The molecule has 0 atom stereocenters. The van der Waals surface area contributed by atoms with Gasteiger partial charge in [-0.1, -0.05) is 13.8 Å². The standard InChI is InChI=1S/C23H33N3O3/c1-16(2)19-13-20-18(12-23(28)29-21(20)11-17(19)3)14-25-7-6-8-26(10-9-25)15-22(27)24(4)5/h11-13,16H,6-10,14-15H2,1-5H3. The molecule has 2 heterocycles. The van der Waals surface area contributed by atoms with Crippen molar-refractivity contribution in [3.63, 3.8) is 0 Å². The minimum atomic E-state index is -0.294. The van der Waals surface area contributed by atoms with Crippen LogP contribution in [0.15, 0.2) is 27.4 Å². The van der Waals surface area contributed by atoms with Gasteiger partial charge >= 0.3 is 5.63 Å². The summed E-state index contributed by atoms with van der Waals surface area (Å²) in [5.41, 5.74) is 3.84. The number of amides is 1. The van der Waals surface area contributed by atoms with E-state index in [1.807, 2.05) is 6.07 Å². The first-order valence-corrected chi connectivity index (χ1v) is 10.5. The van der Waals surface area contributed by atoms with E-state index in [1.165, 1.54) is 5.56 Å². The molecule has 1 saturated heterocycles. The summed E-state index contributed by atoms with van der Waals surface area (Å²) in [6.45, 7) is 11.2. The number of likely N-dealkylation sites (N-methyl/N-ethyl adjacent to an activating group) is 1. The summed E-state index contributed by atoms with van der Waals surface area (Å²) in [4.78, 5) is 30.4. The molecule has 0 spiro atoms. The number of benzene rings is 1. The Balaban J connectivity index is 1.80. The normalized spacial score (nSPS) is 16.3. The number of hydrogen-bond acceptors (Lipinski definition) is 5. The SMILES string of the molecule is Cc1cc2oc(=O)cc(CN3CCCN(CC(=O)N(C)C)CC3)c2cc1C(C)C. The third kappa shape index (κ3) is 5.25. The molecule has 1 fully saturated rings. The lowest BCUT2D eigenvalue weighted by Crippen LogP contribution is -2.38. The van der Waals surface area contributed by atoms with Crippen LogP contribution in [0.5, 0.6) is 0 Å². The first-order chi connectivity index (χ1) is 13.7. The molecule has 6 nitrogen and oxygen atoms in total. The first kappa shape index (κ1) is 21.5. The highest BCUT2D eigenvalue weighted by atomic mass is 16.4. The van der Waals surface area contributed by atoms with Crippen molar-refractivity contribution < 1.29 is 9.21 Å². The molecule has 0 unspecified atom stereocenters. The summed E-state index contributed by atoms with van der Waals surface area (Å²) < 4.78 is 5.49. The van der Waals surface area contributed by atoms with E-state index in [2.05, 4.69) is 36.6 Å². The summed E-state index contributed by atoms with van der Waals surface area (Å²) in [6.07, 6.45) is 1.01. The fraction of sp³-hybridized carbons (Fsp3) is 0.565. The Morgan fingerprint density at radius 3 is 2.48 bits per heavy atom. The van der Waals surface area contributed by atoms with Crippen LogP contribution in [-0.4, -0.2) is 67.4 Å². The Kier molecular flexibility index (Phi) is 6.75. The van der Waals surface area contributed by atoms with E-state index in [1.54, 1.807) is 25.1 Å². The van der Waals surface area contributed by atoms with Crippen LogP contribution in [0, 0.1) is 6.92 Å². The van der Waals surface area contributed by atoms with Gasteiger partial charge in [-0.25, -0.2) is 4.79 Å². The highest BCUT2D eigenvalue weighted by Crippen LogP contribution is 2.27. The van der Waals surface area contributed by atoms with Crippen LogP contribution in [0.2, 0.25) is 0 Å². The van der Waals surface area contributed by atoms with Gasteiger partial charge in [-0.2, -0.15) is 0 Å². The van der Waals surface area contributed by atoms with E-state index in [0.717, 1.165) is 55.7 Å². The fourth-order valence-corrected chi connectivity index (χ4v) is 4.06. The monoisotopic (exact) mass is 399 g/mol. The van der Waals surface area contributed by atoms with E-state index >= 15 is 0 Å². The number of rotatable bonds is 5. The molecule has 1 amide bonds. The maximum Gasteiger partial charge on any atom is 0.336 e.